The van der Waals surface area contributed by atoms with Gasteiger partial charge < -0.3 is 0 Å². The number of halogens is 1. The van der Waals surface area contributed by atoms with Gasteiger partial charge in [0, 0.05) is 0 Å². The normalized spacial score (nSPS) is 27.8. The highest BCUT2D eigenvalue weighted by molar-refractivity contribution is 14.1. The summed E-state index contributed by atoms with van der Waals surface area (Å²) in [5.74, 6) is 2.71. The summed E-state index contributed by atoms with van der Waals surface area (Å²) >= 11 is 6.66. The van der Waals surface area contributed by atoms with Crippen LogP contribution in [-0.2, 0) is 0 Å². The van der Waals surface area contributed by atoms with E-state index >= 15 is 0 Å². The summed E-state index contributed by atoms with van der Waals surface area (Å²) in [6.45, 7) is 2.29. The van der Waals surface area contributed by atoms with E-state index in [4.69, 9.17) is 0 Å². The minimum Gasteiger partial charge on any atom is -0.134 e. The Labute approximate surface area is 72.7 Å². The zero-order chi connectivity index (χ0) is 6.04. The molecule has 0 spiro atoms. The van der Waals surface area contributed by atoms with Crippen LogP contribution in [0.4, 0.5) is 0 Å². The van der Waals surface area contributed by atoms with E-state index < -0.39 is 0 Å². The Bertz CT molecular complexity index is 74.5. The largest absolute Gasteiger partial charge is 0.134 e. The van der Waals surface area contributed by atoms with Crippen molar-refractivity contribution in [3.63, 3.8) is 0 Å². The highest BCUT2D eigenvalue weighted by atomic mass is 127. The molecule has 0 amide bonds. The third-order valence-corrected chi connectivity index (χ3v) is 5.60. The lowest BCUT2D eigenvalue weighted by molar-refractivity contribution is 1.09. The van der Waals surface area contributed by atoms with Crippen molar-refractivity contribution in [2.24, 2.45) is 0 Å². The molecule has 0 aliphatic carbocycles. The molecule has 48 valence electrons. The highest BCUT2D eigenvalue weighted by Crippen LogP contribution is 2.46. The number of rotatable bonds is 0. The first-order valence-corrected chi connectivity index (χ1v) is 5.72. The molecule has 0 saturated carbocycles. The molecule has 0 aromatic heterocycles. The van der Waals surface area contributed by atoms with Crippen LogP contribution in [0.1, 0.15) is 13.3 Å². The maximum Gasteiger partial charge on any atom is 0.109 e. The second-order valence-corrected chi connectivity index (χ2v) is 8.79. The van der Waals surface area contributed by atoms with Gasteiger partial charge in [-0.3, -0.25) is 0 Å². The standard InChI is InChI=1S/C5H9IS2/c1-5(6)7-3-2-4-8-5/h2-4H2,1H3. The molecule has 0 bridgehead atoms. The first kappa shape index (κ1) is 7.54. The van der Waals surface area contributed by atoms with E-state index in [1.807, 2.05) is 0 Å². The van der Waals surface area contributed by atoms with Crippen LogP contribution in [0.3, 0.4) is 0 Å². The van der Waals surface area contributed by atoms with E-state index in [0.717, 1.165) is 0 Å². The Morgan fingerprint density at radius 2 is 1.88 bits per heavy atom. The predicted molar refractivity (Wildman–Crippen MR) is 52.0 cm³/mol. The van der Waals surface area contributed by atoms with Crippen molar-refractivity contribution < 1.29 is 0 Å². The fourth-order valence-electron chi connectivity index (χ4n) is 0.610. The molecule has 0 aromatic rings. The van der Waals surface area contributed by atoms with Crippen molar-refractivity contribution in [3.8, 4) is 0 Å². The molecule has 1 fully saturated rings. The maximum atomic E-state index is 2.52. The van der Waals surface area contributed by atoms with E-state index in [2.05, 4.69) is 53.0 Å². The lowest BCUT2D eigenvalue weighted by Gasteiger charge is -2.25. The molecule has 0 atom stereocenters. The molecule has 1 aliphatic heterocycles. The van der Waals surface area contributed by atoms with Gasteiger partial charge in [-0.1, -0.05) is 22.6 Å². The summed E-state index contributed by atoms with van der Waals surface area (Å²) in [5.41, 5.74) is 0. The fraction of sp³-hybridized carbons (Fsp3) is 1.00. The summed E-state index contributed by atoms with van der Waals surface area (Å²) in [6, 6.07) is 0. The van der Waals surface area contributed by atoms with Gasteiger partial charge in [0.2, 0.25) is 0 Å². The van der Waals surface area contributed by atoms with Gasteiger partial charge in [-0.25, -0.2) is 0 Å². The van der Waals surface area contributed by atoms with Crippen LogP contribution in [-0.4, -0.2) is 13.6 Å². The second kappa shape index (κ2) is 3.01. The van der Waals surface area contributed by atoms with Crippen LogP contribution in [0.25, 0.3) is 0 Å². The van der Waals surface area contributed by atoms with Gasteiger partial charge in [0.1, 0.15) is 2.09 Å². The number of alkyl halides is 1. The monoisotopic (exact) mass is 260 g/mol. The maximum absolute atomic E-state index is 2.52. The Hall–Kier alpha value is 1.43. The number of hydrogen-bond donors (Lipinski definition) is 0. The second-order valence-electron chi connectivity index (χ2n) is 1.89. The molecule has 0 nitrogen and oxygen atoms in total. The molecular formula is C5H9IS2. The van der Waals surface area contributed by atoms with Crippen molar-refractivity contribution >= 4 is 46.1 Å². The molecule has 0 unspecified atom stereocenters. The summed E-state index contributed by atoms with van der Waals surface area (Å²) in [4.78, 5) is 0. The van der Waals surface area contributed by atoms with Crippen molar-refractivity contribution in [1.29, 1.82) is 0 Å². The summed E-state index contributed by atoms with van der Waals surface area (Å²) < 4.78 is 0.482. The summed E-state index contributed by atoms with van der Waals surface area (Å²) in [5, 5.41) is 0. The Kier molecular flexibility index (Phi) is 2.84. The van der Waals surface area contributed by atoms with E-state index in [1.165, 1.54) is 17.9 Å². The van der Waals surface area contributed by atoms with Gasteiger partial charge in [0.15, 0.2) is 0 Å². The van der Waals surface area contributed by atoms with Crippen LogP contribution >= 0.6 is 46.1 Å². The quantitative estimate of drug-likeness (QED) is 0.485. The molecule has 8 heavy (non-hydrogen) atoms. The fourth-order valence-corrected chi connectivity index (χ4v) is 4.25. The van der Waals surface area contributed by atoms with E-state index in [1.54, 1.807) is 0 Å². The van der Waals surface area contributed by atoms with Gasteiger partial charge in [-0.05, 0) is 24.9 Å². The highest BCUT2D eigenvalue weighted by Gasteiger charge is 2.23. The predicted octanol–water partition coefficient (Wildman–Crippen LogP) is 2.97. The molecule has 1 saturated heterocycles. The average Bonchev–Trinajstić information content (AvgIpc) is 1.65. The third kappa shape index (κ3) is 2.35. The van der Waals surface area contributed by atoms with Crippen LogP contribution in [0.5, 0.6) is 0 Å². The van der Waals surface area contributed by atoms with E-state index in [9.17, 15) is 0 Å². The number of hydrogen-bond acceptors (Lipinski definition) is 2. The van der Waals surface area contributed by atoms with Crippen LogP contribution in [0, 0.1) is 0 Å². The smallest absolute Gasteiger partial charge is 0.109 e. The zero-order valence-electron chi connectivity index (χ0n) is 4.82. The third-order valence-electron chi connectivity index (χ3n) is 1.01. The first-order valence-electron chi connectivity index (χ1n) is 2.67. The van der Waals surface area contributed by atoms with Gasteiger partial charge in [-0.2, -0.15) is 0 Å². The molecule has 1 heterocycles. The minimum absolute atomic E-state index is 0.482. The van der Waals surface area contributed by atoms with Gasteiger partial charge in [0.25, 0.3) is 0 Å². The van der Waals surface area contributed by atoms with Crippen molar-refractivity contribution in [2.45, 2.75) is 15.4 Å². The van der Waals surface area contributed by atoms with Crippen LogP contribution in [0.15, 0.2) is 0 Å². The van der Waals surface area contributed by atoms with Crippen molar-refractivity contribution in [1.82, 2.24) is 0 Å². The molecule has 3 heteroatoms. The Morgan fingerprint density at radius 3 is 2.12 bits per heavy atom. The number of thioether (sulfide) groups is 2. The molecule has 0 N–H and O–H groups in total. The lowest BCUT2D eigenvalue weighted by Crippen LogP contribution is -2.11. The molecule has 1 aliphatic rings. The Morgan fingerprint density at radius 1 is 1.38 bits per heavy atom. The molecule has 0 aromatic carbocycles. The van der Waals surface area contributed by atoms with E-state index in [0.29, 0.717) is 2.09 Å². The Balaban J connectivity index is 2.33. The van der Waals surface area contributed by atoms with Crippen molar-refractivity contribution in [3.05, 3.63) is 0 Å². The first-order chi connectivity index (χ1) is 3.71. The minimum atomic E-state index is 0.482. The SMILES string of the molecule is CC1(I)SCCCS1. The van der Waals surface area contributed by atoms with Crippen LogP contribution < -0.4 is 0 Å². The molecular weight excluding hydrogens is 251 g/mol. The average molecular weight is 260 g/mol. The lowest BCUT2D eigenvalue weighted by atomic mass is 10.6. The van der Waals surface area contributed by atoms with Crippen LogP contribution in [0.2, 0.25) is 0 Å². The zero-order valence-corrected chi connectivity index (χ0v) is 8.61. The van der Waals surface area contributed by atoms with E-state index in [-0.39, 0.29) is 0 Å². The van der Waals surface area contributed by atoms with Gasteiger partial charge >= 0.3 is 0 Å². The van der Waals surface area contributed by atoms with Gasteiger partial charge in [-0.15, -0.1) is 23.5 Å². The molecule has 0 radical (unpaired) electrons. The van der Waals surface area contributed by atoms with Gasteiger partial charge in [0.05, 0.1) is 0 Å². The summed E-state index contributed by atoms with van der Waals surface area (Å²) in [6.07, 6.45) is 1.40. The van der Waals surface area contributed by atoms with Crippen molar-refractivity contribution in [2.75, 3.05) is 11.5 Å². The molecule has 1 rings (SSSR count). The topological polar surface area (TPSA) is 0 Å². The summed E-state index contributed by atoms with van der Waals surface area (Å²) in [7, 11) is 0.